The third kappa shape index (κ3) is 3.39. The molecule has 0 bridgehead atoms. The number of rotatable bonds is 4. The Bertz CT molecular complexity index is 387. The van der Waals surface area contributed by atoms with Crippen LogP contribution in [0, 0.1) is 11.8 Å². The number of piperazine rings is 1. The molecule has 1 aliphatic carbocycles. The second kappa shape index (κ2) is 6.88. The molecule has 0 aromatic carbocycles. The Morgan fingerprint density at radius 2 is 1.70 bits per heavy atom. The van der Waals surface area contributed by atoms with Gasteiger partial charge in [0.2, 0.25) is 5.91 Å². The van der Waals surface area contributed by atoms with Crippen molar-refractivity contribution in [1.82, 2.24) is 9.80 Å². The summed E-state index contributed by atoms with van der Waals surface area (Å²) in [7, 11) is 0. The number of carboxylic acid groups (broad SMARTS) is 1. The highest BCUT2D eigenvalue weighted by atomic mass is 16.4. The van der Waals surface area contributed by atoms with Crippen LogP contribution in [-0.4, -0.2) is 59.5 Å². The SMILES string of the molecule is CCCN1CCN(C(=O)[C@@H]2CC=CC[C@@H]2C(=O)O)CC1. The Kier molecular flexibility index (Phi) is 5.17. The van der Waals surface area contributed by atoms with E-state index in [1.54, 1.807) is 0 Å². The van der Waals surface area contributed by atoms with Crippen LogP contribution in [0.3, 0.4) is 0 Å². The maximum absolute atomic E-state index is 12.5. The molecule has 5 nitrogen and oxygen atoms in total. The van der Waals surface area contributed by atoms with Gasteiger partial charge in [-0.05, 0) is 25.8 Å². The Morgan fingerprint density at radius 3 is 2.25 bits per heavy atom. The average molecular weight is 280 g/mol. The fourth-order valence-corrected chi connectivity index (χ4v) is 3.10. The van der Waals surface area contributed by atoms with Crippen molar-refractivity contribution in [3.63, 3.8) is 0 Å². The van der Waals surface area contributed by atoms with Gasteiger partial charge in [-0.2, -0.15) is 0 Å². The molecule has 1 heterocycles. The highest BCUT2D eigenvalue weighted by Gasteiger charge is 2.36. The summed E-state index contributed by atoms with van der Waals surface area (Å²) >= 11 is 0. The molecule has 5 heteroatoms. The predicted octanol–water partition coefficient (Wildman–Crippen LogP) is 1.21. The van der Waals surface area contributed by atoms with Gasteiger partial charge in [-0.25, -0.2) is 0 Å². The number of allylic oxidation sites excluding steroid dienone is 2. The van der Waals surface area contributed by atoms with E-state index < -0.39 is 11.9 Å². The van der Waals surface area contributed by atoms with E-state index in [1.165, 1.54) is 0 Å². The molecule has 2 rings (SSSR count). The minimum Gasteiger partial charge on any atom is -0.481 e. The highest BCUT2D eigenvalue weighted by molar-refractivity contribution is 5.85. The van der Waals surface area contributed by atoms with Crippen molar-refractivity contribution in [2.24, 2.45) is 11.8 Å². The van der Waals surface area contributed by atoms with Crippen LogP contribution in [-0.2, 0) is 9.59 Å². The zero-order valence-corrected chi connectivity index (χ0v) is 12.1. The number of amides is 1. The highest BCUT2D eigenvalue weighted by Crippen LogP contribution is 2.28. The first-order chi connectivity index (χ1) is 9.63. The summed E-state index contributed by atoms with van der Waals surface area (Å²) in [5, 5.41) is 9.26. The minimum atomic E-state index is -0.850. The molecule has 0 unspecified atom stereocenters. The van der Waals surface area contributed by atoms with Crippen molar-refractivity contribution in [1.29, 1.82) is 0 Å². The van der Waals surface area contributed by atoms with Crippen molar-refractivity contribution >= 4 is 11.9 Å². The summed E-state index contributed by atoms with van der Waals surface area (Å²) in [5.41, 5.74) is 0. The van der Waals surface area contributed by atoms with Gasteiger partial charge in [0.05, 0.1) is 11.8 Å². The fourth-order valence-electron chi connectivity index (χ4n) is 3.10. The lowest BCUT2D eigenvalue weighted by Crippen LogP contribution is -2.51. The number of carbonyl (C=O) groups is 2. The molecule has 0 saturated carbocycles. The standard InChI is InChI=1S/C15H24N2O3/c1-2-7-16-8-10-17(11-9-16)14(18)12-5-3-4-6-13(12)15(19)20/h3-4,12-13H,2,5-11H2,1H3,(H,19,20)/t12-,13+/m1/s1. The van der Waals surface area contributed by atoms with Crippen LogP contribution >= 0.6 is 0 Å². The molecule has 1 amide bonds. The van der Waals surface area contributed by atoms with Crippen LogP contribution in [0.5, 0.6) is 0 Å². The van der Waals surface area contributed by atoms with Crippen molar-refractivity contribution in [2.45, 2.75) is 26.2 Å². The van der Waals surface area contributed by atoms with E-state index in [1.807, 2.05) is 17.1 Å². The smallest absolute Gasteiger partial charge is 0.307 e. The predicted molar refractivity (Wildman–Crippen MR) is 76.3 cm³/mol. The van der Waals surface area contributed by atoms with E-state index in [-0.39, 0.29) is 11.8 Å². The van der Waals surface area contributed by atoms with Gasteiger partial charge in [-0.1, -0.05) is 19.1 Å². The Labute approximate surface area is 120 Å². The topological polar surface area (TPSA) is 60.9 Å². The van der Waals surface area contributed by atoms with Crippen LogP contribution in [0.25, 0.3) is 0 Å². The Balaban J connectivity index is 1.94. The summed E-state index contributed by atoms with van der Waals surface area (Å²) in [5.74, 6) is -1.76. The van der Waals surface area contributed by atoms with Crippen LogP contribution in [0.1, 0.15) is 26.2 Å². The van der Waals surface area contributed by atoms with E-state index >= 15 is 0 Å². The van der Waals surface area contributed by atoms with E-state index in [4.69, 9.17) is 0 Å². The second-order valence-electron chi connectivity index (χ2n) is 5.66. The summed E-state index contributed by atoms with van der Waals surface area (Å²) in [6, 6.07) is 0. The lowest BCUT2D eigenvalue weighted by Gasteiger charge is -2.37. The van der Waals surface area contributed by atoms with Crippen LogP contribution < -0.4 is 0 Å². The van der Waals surface area contributed by atoms with E-state index in [0.29, 0.717) is 12.8 Å². The lowest BCUT2D eigenvalue weighted by atomic mass is 9.82. The maximum atomic E-state index is 12.5. The van der Waals surface area contributed by atoms with E-state index in [9.17, 15) is 14.7 Å². The van der Waals surface area contributed by atoms with Crippen LogP contribution in [0.15, 0.2) is 12.2 Å². The molecule has 20 heavy (non-hydrogen) atoms. The molecule has 1 aliphatic heterocycles. The largest absolute Gasteiger partial charge is 0.481 e. The molecular weight excluding hydrogens is 256 g/mol. The van der Waals surface area contributed by atoms with Crippen molar-refractivity contribution in [2.75, 3.05) is 32.7 Å². The van der Waals surface area contributed by atoms with Crippen LogP contribution in [0.4, 0.5) is 0 Å². The molecular formula is C15H24N2O3. The number of nitrogens with zero attached hydrogens (tertiary/aromatic N) is 2. The van der Waals surface area contributed by atoms with E-state index in [2.05, 4.69) is 11.8 Å². The fraction of sp³-hybridized carbons (Fsp3) is 0.733. The molecule has 2 aliphatic rings. The first-order valence-corrected chi connectivity index (χ1v) is 7.52. The Morgan fingerprint density at radius 1 is 1.10 bits per heavy atom. The first-order valence-electron chi connectivity index (χ1n) is 7.52. The van der Waals surface area contributed by atoms with Gasteiger partial charge < -0.3 is 10.0 Å². The summed E-state index contributed by atoms with van der Waals surface area (Å²) in [6.45, 7) is 6.49. The van der Waals surface area contributed by atoms with Crippen LogP contribution in [0.2, 0.25) is 0 Å². The van der Waals surface area contributed by atoms with Gasteiger partial charge in [0.15, 0.2) is 0 Å². The number of hydrogen-bond acceptors (Lipinski definition) is 3. The molecule has 0 aromatic heterocycles. The van der Waals surface area contributed by atoms with Gasteiger partial charge in [-0.15, -0.1) is 0 Å². The molecule has 1 saturated heterocycles. The monoisotopic (exact) mass is 280 g/mol. The molecule has 112 valence electrons. The molecule has 0 aromatic rings. The number of carbonyl (C=O) groups excluding carboxylic acids is 1. The first kappa shape index (κ1) is 15.0. The van der Waals surface area contributed by atoms with Crippen molar-refractivity contribution in [3.8, 4) is 0 Å². The summed E-state index contributed by atoms with van der Waals surface area (Å²) in [4.78, 5) is 28.0. The third-order valence-corrected chi connectivity index (χ3v) is 4.29. The minimum absolute atomic E-state index is 0.0258. The zero-order valence-electron chi connectivity index (χ0n) is 12.1. The van der Waals surface area contributed by atoms with Gasteiger partial charge in [0, 0.05) is 26.2 Å². The second-order valence-corrected chi connectivity index (χ2v) is 5.66. The average Bonchev–Trinajstić information content (AvgIpc) is 2.47. The normalized spacial score (nSPS) is 27.6. The lowest BCUT2D eigenvalue weighted by molar-refractivity contribution is -0.151. The van der Waals surface area contributed by atoms with E-state index in [0.717, 1.165) is 39.1 Å². The number of carboxylic acids is 1. The number of aliphatic carboxylic acids is 1. The summed E-state index contributed by atoms with van der Waals surface area (Å²) < 4.78 is 0. The quantitative estimate of drug-likeness (QED) is 0.786. The molecule has 0 spiro atoms. The Hall–Kier alpha value is -1.36. The van der Waals surface area contributed by atoms with Gasteiger partial charge in [0.1, 0.15) is 0 Å². The van der Waals surface area contributed by atoms with Gasteiger partial charge in [0.25, 0.3) is 0 Å². The molecule has 0 radical (unpaired) electrons. The maximum Gasteiger partial charge on any atom is 0.307 e. The third-order valence-electron chi connectivity index (χ3n) is 4.29. The number of hydrogen-bond donors (Lipinski definition) is 1. The van der Waals surface area contributed by atoms with Gasteiger partial charge in [-0.3, -0.25) is 14.5 Å². The molecule has 2 atom stereocenters. The zero-order chi connectivity index (χ0) is 14.5. The summed E-state index contributed by atoms with van der Waals surface area (Å²) in [6.07, 6.45) is 5.98. The molecule has 1 N–H and O–H groups in total. The van der Waals surface area contributed by atoms with Gasteiger partial charge >= 0.3 is 5.97 Å². The van der Waals surface area contributed by atoms with Crippen molar-refractivity contribution < 1.29 is 14.7 Å². The molecule has 1 fully saturated rings. The van der Waals surface area contributed by atoms with Crippen molar-refractivity contribution in [3.05, 3.63) is 12.2 Å².